The quantitative estimate of drug-likeness (QED) is 0.868. The first kappa shape index (κ1) is 15.6. The van der Waals surface area contributed by atoms with Crippen LogP contribution in [0.5, 0.6) is 0 Å². The van der Waals surface area contributed by atoms with Gasteiger partial charge in [-0.1, -0.05) is 6.92 Å². The van der Waals surface area contributed by atoms with Crippen molar-refractivity contribution >= 4 is 5.97 Å². The fourth-order valence-corrected chi connectivity index (χ4v) is 3.15. The largest absolute Gasteiger partial charge is 0.481 e. The molecule has 4 nitrogen and oxygen atoms in total. The van der Waals surface area contributed by atoms with Crippen molar-refractivity contribution in [2.45, 2.75) is 50.9 Å². The summed E-state index contributed by atoms with van der Waals surface area (Å²) in [5, 5.41) is 9.04. The number of hydrogen-bond acceptors (Lipinski definition) is 3. The average molecular weight is 295 g/mol. The highest BCUT2D eigenvalue weighted by Crippen LogP contribution is 2.46. The summed E-state index contributed by atoms with van der Waals surface area (Å²) in [7, 11) is 0. The lowest BCUT2D eigenvalue weighted by Gasteiger charge is -2.36. The zero-order chi connectivity index (χ0) is 15.0. The first-order valence-corrected chi connectivity index (χ1v) is 6.96. The van der Waals surface area contributed by atoms with Crippen LogP contribution >= 0.6 is 0 Å². The van der Waals surface area contributed by atoms with Gasteiger partial charge >= 0.3 is 12.1 Å². The molecule has 7 heteroatoms. The van der Waals surface area contributed by atoms with E-state index in [1.807, 2.05) is 6.92 Å². The number of carboxylic acid groups (broad SMARTS) is 1. The molecule has 0 spiro atoms. The van der Waals surface area contributed by atoms with Gasteiger partial charge in [0.2, 0.25) is 0 Å². The molecule has 0 amide bonds. The Balaban J connectivity index is 2.09. The van der Waals surface area contributed by atoms with Gasteiger partial charge in [-0.2, -0.15) is 13.2 Å². The fraction of sp³-hybridized carbons (Fsp3) is 0.923. The van der Waals surface area contributed by atoms with Gasteiger partial charge in [0.15, 0.2) is 5.41 Å². The standard InChI is InChI=1S/C13H20F3NO3/c1-2-10-7-9(3-6-20-10)17-5-4-12(8-17,11(18)19)13(14,15)16/h9-10H,2-8H2,1H3,(H,18,19). The topological polar surface area (TPSA) is 49.8 Å². The Kier molecular flexibility index (Phi) is 4.30. The maximum absolute atomic E-state index is 13.1. The van der Waals surface area contributed by atoms with Crippen molar-refractivity contribution in [3.63, 3.8) is 0 Å². The van der Waals surface area contributed by atoms with Gasteiger partial charge in [0.1, 0.15) is 0 Å². The van der Waals surface area contributed by atoms with E-state index in [4.69, 9.17) is 9.84 Å². The van der Waals surface area contributed by atoms with E-state index in [0.717, 1.165) is 6.42 Å². The Morgan fingerprint density at radius 3 is 2.70 bits per heavy atom. The number of hydrogen-bond donors (Lipinski definition) is 1. The van der Waals surface area contributed by atoms with Crippen LogP contribution in [0, 0.1) is 5.41 Å². The monoisotopic (exact) mass is 295 g/mol. The lowest BCUT2D eigenvalue weighted by molar-refractivity contribution is -0.228. The fourth-order valence-electron chi connectivity index (χ4n) is 3.15. The zero-order valence-electron chi connectivity index (χ0n) is 11.4. The van der Waals surface area contributed by atoms with Crippen LogP contribution in [0.2, 0.25) is 0 Å². The van der Waals surface area contributed by atoms with Gasteiger partial charge in [0.05, 0.1) is 6.10 Å². The molecule has 20 heavy (non-hydrogen) atoms. The number of alkyl halides is 3. The minimum Gasteiger partial charge on any atom is -0.481 e. The van der Waals surface area contributed by atoms with Crippen LogP contribution in [-0.4, -0.2) is 54.0 Å². The smallest absolute Gasteiger partial charge is 0.406 e. The molecule has 2 rings (SSSR count). The van der Waals surface area contributed by atoms with Gasteiger partial charge in [-0.05, 0) is 32.2 Å². The molecule has 0 aromatic rings. The number of nitrogens with zero attached hydrogens (tertiary/aromatic N) is 1. The van der Waals surface area contributed by atoms with Gasteiger partial charge in [-0.15, -0.1) is 0 Å². The van der Waals surface area contributed by atoms with Crippen molar-refractivity contribution in [3.05, 3.63) is 0 Å². The van der Waals surface area contributed by atoms with E-state index < -0.39 is 24.1 Å². The first-order chi connectivity index (χ1) is 9.30. The third-order valence-corrected chi connectivity index (χ3v) is 4.56. The van der Waals surface area contributed by atoms with Gasteiger partial charge in [-0.25, -0.2) is 0 Å². The molecule has 0 radical (unpaired) electrons. The normalized spacial score (nSPS) is 36.2. The maximum atomic E-state index is 13.1. The van der Waals surface area contributed by atoms with Gasteiger partial charge in [0.25, 0.3) is 0 Å². The number of likely N-dealkylation sites (tertiary alicyclic amines) is 1. The van der Waals surface area contributed by atoms with Crippen LogP contribution in [0.15, 0.2) is 0 Å². The van der Waals surface area contributed by atoms with Gasteiger partial charge < -0.3 is 9.84 Å². The molecule has 2 aliphatic heterocycles. The maximum Gasteiger partial charge on any atom is 0.406 e. The highest BCUT2D eigenvalue weighted by atomic mass is 19.4. The molecule has 2 fully saturated rings. The number of ether oxygens (including phenoxy) is 1. The number of aliphatic carboxylic acids is 1. The molecule has 0 aromatic heterocycles. The molecule has 0 aromatic carbocycles. The predicted molar refractivity (Wildman–Crippen MR) is 65.4 cm³/mol. The summed E-state index contributed by atoms with van der Waals surface area (Å²) in [4.78, 5) is 12.8. The van der Waals surface area contributed by atoms with Crippen molar-refractivity contribution < 1.29 is 27.8 Å². The minimum atomic E-state index is -4.71. The molecule has 2 aliphatic rings. The molecule has 2 saturated heterocycles. The highest BCUT2D eigenvalue weighted by molar-refractivity contribution is 5.76. The van der Waals surface area contributed by atoms with E-state index in [1.54, 1.807) is 4.90 Å². The molecule has 2 heterocycles. The molecule has 116 valence electrons. The summed E-state index contributed by atoms with van der Waals surface area (Å²) in [6, 6.07) is -0.00252. The number of rotatable bonds is 3. The van der Waals surface area contributed by atoms with E-state index in [-0.39, 0.29) is 25.1 Å². The highest BCUT2D eigenvalue weighted by Gasteiger charge is 2.64. The molecular weight excluding hydrogens is 275 g/mol. The van der Waals surface area contributed by atoms with E-state index in [0.29, 0.717) is 19.4 Å². The summed E-state index contributed by atoms with van der Waals surface area (Å²) in [5.74, 6) is -1.76. The average Bonchev–Trinajstić information content (AvgIpc) is 2.85. The summed E-state index contributed by atoms with van der Waals surface area (Å²) in [6.07, 6.45) is -2.82. The number of carbonyl (C=O) groups is 1. The van der Waals surface area contributed by atoms with E-state index >= 15 is 0 Å². The van der Waals surface area contributed by atoms with Crippen molar-refractivity contribution in [1.82, 2.24) is 4.90 Å². The summed E-state index contributed by atoms with van der Waals surface area (Å²) < 4.78 is 44.9. The Labute approximate surface area is 115 Å². The summed E-state index contributed by atoms with van der Waals surface area (Å²) in [5.41, 5.74) is -2.60. The van der Waals surface area contributed by atoms with Crippen LogP contribution in [0.4, 0.5) is 13.2 Å². The molecule has 3 atom stereocenters. The van der Waals surface area contributed by atoms with Gasteiger partial charge in [0, 0.05) is 19.2 Å². The number of halogens is 3. The lowest BCUT2D eigenvalue weighted by Crippen LogP contribution is -2.49. The van der Waals surface area contributed by atoms with Crippen molar-refractivity contribution in [1.29, 1.82) is 0 Å². The Morgan fingerprint density at radius 1 is 1.50 bits per heavy atom. The molecule has 0 bridgehead atoms. The molecule has 0 aliphatic carbocycles. The van der Waals surface area contributed by atoms with E-state index in [9.17, 15) is 18.0 Å². The Hall–Kier alpha value is -0.820. The first-order valence-electron chi connectivity index (χ1n) is 6.96. The number of carboxylic acids is 1. The predicted octanol–water partition coefficient (Wildman–Crippen LogP) is 2.28. The minimum absolute atomic E-state index is 0.00252. The van der Waals surface area contributed by atoms with Crippen LogP contribution in [-0.2, 0) is 9.53 Å². The zero-order valence-corrected chi connectivity index (χ0v) is 11.4. The molecule has 1 N–H and O–H groups in total. The summed E-state index contributed by atoms with van der Waals surface area (Å²) in [6.45, 7) is 2.26. The van der Waals surface area contributed by atoms with Crippen LogP contribution in [0.1, 0.15) is 32.6 Å². The van der Waals surface area contributed by atoms with E-state index in [1.165, 1.54) is 0 Å². The molecule has 0 saturated carbocycles. The third kappa shape index (κ3) is 2.65. The second-order valence-corrected chi connectivity index (χ2v) is 5.68. The van der Waals surface area contributed by atoms with Crippen molar-refractivity contribution in [2.75, 3.05) is 19.7 Å². The Bertz CT molecular complexity index is 374. The van der Waals surface area contributed by atoms with Crippen LogP contribution in [0.3, 0.4) is 0 Å². The molecular formula is C13H20F3NO3. The third-order valence-electron chi connectivity index (χ3n) is 4.56. The second kappa shape index (κ2) is 5.52. The second-order valence-electron chi connectivity index (χ2n) is 5.68. The van der Waals surface area contributed by atoms with Crippen LogP contribution in [0.25, 0.3) is 0 Å². The SMILES string of the molecule is CCC1CC(N2CCC(C(=O)O)(C(F)(F)F)C2)CCO1. The summed E-state index contributed by atoms with van der Waals surface area (Å²) >= 11 is 0. The van der Waals surface area contributed by atoms with Crippen molar-refractivity contribution in [3.8, 4) is 0 Å². The van der Waals surface area contributed by atoms with E-state index in [2.05, 4.69) is 0 Å². The van der Waals surface area contributed by atoms with Crippen molar-refractivity contribution in [2.24, 2.45) is 5.41 Å². The van der Waals surface area contributed by atoms with Gasteiger partial charge in [-0.3, -0.25) is 9.69 Å². The Morgan fingerprint density at radius 2 is 2.20 bits per heavy atom. The van der Waals surface area contributed by atoms with Crippen LogP contribution < -0.4 is 0 Å². The molecule has 3 unspecified atom stereocenters. The lowest BCUT2D eigenvalue weighted by atomic mass is 9.86.